The molecule has 14 heavy (non-hydrogen) atoms. The maximum Gasteiger partial charge on any atom is 0.153 e. The van der Waals surface area contributed by atoms with Gasteiger partial charge in [-0.2, -0.15) is 5.10 Å². The Morgan fingerprint density at radius 2 is 2.07 bits per heavy atom. The highest BCUT2D eigenvalue weighted by atomic mass is 35.5. The second-order valence-corrected chi connectivity index (χ2v) is 3.46. The number of rotatable bonds is 1. The molecule has 0 unspecified atom stereocenters. The largest absolute Gasteiger partial charge is 0.237 e. The van der Waals surface area contributed by atoms with E-state index in [-0.39, 0.29) is 0 Å². The van der Waals surface area contributed by atoms with Gasteiger partial charge in [0.25, 0.3) is 0 Å². The van der Waals surface area contributed by atoms with Crippen LogP contribution in [0.4, 0.5) is 0 Å². The van der Waals surface area contributed by atoms with E-state index in [1.54, 1.807) is 10.9 Å². The molecule has 0 amide bonds. The molecule has 2 aromatic heterocycles. The fraction of sp³-hybridized carbons (Fsp3) is 0.200. The molecule has 3 nitrogen and oxygen atoms in total. The molecular weight excluding hydrogens is 198 g/mol. The number of hydrogen-bond donors (Lipinski definition) is 0. The van der Waals surface area contributed by atoms with Gasteiger partial charge >= 0.3 is 0 Å². The standard InChI is InChI=1S/C10H10ClN3/c1-7-10(11)8(2)14(13-7)9-5-3-4-6-12-9/h3-6H,1-2H3. The van der Waals surface area contributed by atoms with Crippen molar-refractivity contribution in [1.82, 2.24) is 14.8 Å². The van der Waals surface area contributed by atoms with Gasteiger partial charge in [-0.25, -0.2) is 9.67 Å². The first-order valence-corrected chi connectivity index (χ1v) is 4.71. The molecule has 0 fully saturated rings. The average Bonchev–Trinajstić information content (AvgIpc) is 2.47. The third-order valence-corrected chi connectivity index (χ3v) is 2.62. The SMILES string of the molecule is Cc1nn(-c2ccccn2)c(C)c1Cl. The number of aryl methyl sites for hydroxylation is 1. The van der Waals surface area contributed by atoms with E-state index >= 15 is 0 Å². The number of halogens is 1. The fourth-order valence-electron chi connectivity index (χ4n) is 1.33. The van der Waals surface area contributed by atoms with Crippen LogP contribution in [0, 0.1) is 13.8 Å². The molecule has 72 valence electrons. The molecule has 2 rings (SSSR count). The number of aromatic nitrogens is 3. The summed E-state index contributed by atoms with van der Waals surface area (Å²) in [5.74, 6) is 0.792. The Labute approximate surface area is 87.3 Å². The third-order valence-electron chi connectivity index (χ3n) is 2.07. The topological polar surface area (TPSA) is 30.7 Å². The van der Waals surface area contributed by atoms with E-state index in [4.69, 9.17) is 11.6 Å². The van der Waals surface area contributed by atoms with Crippen molar-refractivity contribution in [2.75, 3.05) is 0 Å². The zero-order valence-electron chi connectivity index (χ0n) is 8.03. The number of hydrogen-bond acceptors (Lipinski definition) is 2. The van der Waals surface area contributed by atoms with Crippen LogP contribution in [-0.2, 0) is 0 Å². The smallest absolute Gasteiger partial charge is 0.153 e. The Bertz CT molecular complexity index is 448. The molecule has 0 aliphatic heterocycles. The lowest BCUT2D eigenvalue weighted by molar-refractivity contribution is 0.806. The molecule has 0 saturated heterocycles. The van der Waals surface area contributed by atoms with E-state index < -0.39 is 0 Å². The monoisotopic (exact) mass is 207 g/mol. The zero-order chi connectivity index (χ0) is 10.1. The molecule has 0 radical (unpaired) electrons. The lowest BCUT2D eigenvalue weighted by Crippen LogP contribution is -2.00. The van der Waals surface area contributed by atoms with Crippen LogP contribution in [0.25, 0.3) is 5.82 Å². The Morgan fingerprint density at radius 3 is 2.57 bits per heavy atom. The van der Waals surface area contributed by atoms with Crippen molar-refractivity contribution in [1.29, 1.82) is 0 Å². The van der Waals surface area contributed by atoms with Crippen LogP contribution in [0.15, 0.2) is 24.4 Å². The molecule has 2 heterocycles. The Kier molecular flexibility index (Phi) is 2.25. The predicted octanol–water partition coefficient (Wildman–Crippen LogP) is 2.54. The van der Waals surface area contributed by atoms with Gasteiger partial charge in [0.15, 0.2) is 5.82 Å². The first-order valence-electron chi connectivity index (χ1n) is 4.33. The van der Waals surface area contributed by atoms with Crippen LogP contribution in [0.5, 0.6) is 0 Å². The quantitative estimate of drug-likeness (QED) is 0.720. The normalized spacial score (nSPS) is 10.5. The molecule has 0 bridgehead atoms. The Morgan fingerprint density at radius 1 is 1.29 bits per heavy atom. The summed E-state index contributed by atoms with van der Waals surface area (Å²) in [4.78, 5) is 4.21. The highest BCUT2D eigenvalue weighted by Crippen LogP contribution is 2.20. The van der Waals surface area contributed by atoms with Gasteiger partial charge in [-0.05, 0) is 26.0 Å². The average molecular weight is 208 g/mol. The van der Waals surface area contributed by atoms with Crippen molar-refractivity contribution < 1.29 is 0 Å². The molecule has 0 aliphatic rings. The first kappa shape index (κ1) is 9.21. The lowest BCUT2D eigenvalue weighted by Gasteiger charge is -2.01. The summed E-state index contributed by atoms with van der Waals surface area (Å²) in [6.07, 6.45) is 1.74. The maximum atomic E-state index is 6.04. The van der Waals surface area contributed by atoms with Crippen molar-refractivity contribution in [2.45, 2.75) is 13.8 Å². The molecule has 4 heteroatoms. The van der Waals surface area contributed by atoms with Crippen LogP contribution in [-0.4, -0.2) is 14.8 Å². The first-order chi connectivity index (χ1) is 6.70. The minimum Gasteiger partial charge on any atom is -0.237 e. The molecule has 0 aromatic carbocycles. The van der Waals surface area contributed by atoms with E-state index in [1.165, 1.54) is 0 Å². The van der Waals surface area contributed by atoms with E-state index in [1.807, 2.05) is 32.0 Å². The van der Waals surface area contributed by atoms with E-state index in [0.29, 0.717) is 5.02 Å². The second kappa shape index (κ2) is 3.42. The molecule has 2 aromatic rings. The van der Waals surface area contributed by atoms with E-state index in [9.17, 15) is 0 Å². The van der Waals surface area contributed by atoms with Gasteiger partial charge in [-0.1, -0.05) is 17.7 Å². The van der Waals surface area contributed by atoms with Crippen molar-refractivity contribution in [2.24, 2.45) is 0 Å². The van der Waals surface area contributed by atoms with Gasteiger partial charge in [-0.3, -0.25) is 0 Å². The second-order valence-electron chi connectivity index (χ2n) is 3.08. The van der Waals surface area contributed by atoms with Crippen LogP contribution >= 0.6 is 11.6 Å². The summed E-state index contributed by atoms with van der Waals surface area (Å²) < 4.78 is 1.75. The van der Waals surface area contributed by atoms with Crippen LogP contribution < -0.4 is 0 Å². The van der Waals surface area contributed by atoms with Crippen molar-refractivity contribution in [3.05, 3.63) is 40.8 Å². The summed E-state index contributed by atoms with van der Waals surface area (Å²) >= 11 is 6.04. The zero-order valence-corrected chi connectivity index (χ0v) is 8.78. The number of nitrogens with zero attached hydrogens (tertiary/aromatic N) is 3. The Hall–Kier alpha value is -1.35. The third kappa shape index (κ3) is 1.40. The van der Waals surface area contributed by atoms with Gasteiger partial charge in [0.1, 0.15) is 0 Å². The van der Waals surface area contributed by atoms with Gasteiger partial charge in [0.05, 0.1) is 16.4 Å². The summed E-state index contributed by atoms with van der Waals surface area (Å²) in [5.41, 5.74) is 1.75. The fourth-order valence-corrected chi connectivity index (χ4v) is 1.44. The molecule has 0 saturated carbocycles. The summed E-state index contributed by atoms with van der Waals surface area (Å²) in [7, 11) is 0. The summed E-state index contributed by atoms with van der Waals surface area (Å²) in [5, 5.41) is 5.01. The molecule has 0 N–H and O–H groups in total. The van der Waals surface area contributed by atoms with Crippen molar-refractivity contribution in [3.63, 3.8) is 0 Å². The summed E-state index contributed by atoms with van der Waals surface area (Å²) in [6.45, 7) is 3.81. The van der Waals surface area contributed by atoms with Gasteiger partial charge in [0.2, 0.25) is 0 Å². The molecule has 0 atom stereocenters. The van der Waals surface area contributed by atoms with Crippen molar-refractivity contribution in [3.8, 4) is 5.82 Å². The Balaban J connectivity index is 2.58. The molecule has 0 aliphatic carbocycles. The van der Waals surface area contributed by atoms with Crippen LogP contribution in [0.3, 0.4) is 0 Å². The highest BCUT2D eigenvalue weighted by molar-refractivity contribution is 6.31. The molecular formula is C10H10ClN3. The van der Waals surface area contributed by atoms with Crippen molar-refractivity contribution >= 4 is 11.6 Å². The maximum absolute atomic E-state index is 6.04. The number of pyridine rings is 1. The predicted molar refractivity (Wildman–Crippen MR) is 55.8 cm³/mol. The van der Waals surface area contributed by atoms with E-state index in [2.05, 4.69) is 10.1 Å². The minimum atomic E-state index is 0.704. The van der Waals surface area contributed by atoms with Gasteiger partial charge in [0, 0.05) is 6.20 Å². The van der Waals surface area contributed by atoms with Gasteiger partial charge in [-0.15, -0.1) is 0 Å². The van der Waals surface area contributed by atoms with Gasteiger partial charge < -0.3 is 0 Å². The minimum absolute atomic E-state index is 0.704. The summed E-state index contributed by atoms with van der Waals surface area (Å²) in [6, 6.07) is 5.69. The highest BCUT2D eigenvalue weighted by Gasteiger charge is 2.10. The lowest BCUT2D eigenvalue weighted by atomic mass is 10.4. The van der Waals surface area contributed by atoms with Crippen LogP contribution in [0.2, 0.25) is 5.02 Å². The van der Waals surface area contributed by atoms with E-state index in [0.717, 1.165) is 17.2 Å². The van der Waals surface area contributed by atoms with Crippen LogP contribution in [0.1, 0.15) is 11.4 Å². The molecule has 0 spiro atoms.